The maximum absolute atomic E-state index is 12.9. The fourth-order valence-electron chi connectivity index (χ4n) is 3.33. The minimum absolute atomic E-state index is 0.0397. The Bertz CT molecular complexity index is 755. The Morgan fingerprint density at radius 1 is 1.00 bits per heavy atom. The SMILES string of the molecule is Cc1cc(C)c(C(=O)N2CCN(C(=O)Cn3cnnn3)CC2)c(C)c1. The van der Waals surface area contributed by atoms with Gasteiger partial charge in [-0.3, -0.25) is 9.59 Å². The number of amides is 2. The zero-order chi connectivity index (χ0) is 18.0. The van der Waals surface area contributed by atoms with Crippen molar-refractivity contribution in [3.8, 4) is 0 Å². The summed E-state index contributed by atoms with van der Waals surface area (Å²) in [6, 6.07) is 4.07. The number of aromatic nitrogens is 4. The van der Waals surface area contributed by atoms with E-state index in [-0.39, 0.29) is 18.4 Å². The monoisotopic (exact) mass is 342 g/mol. The van der Waals surface area contributed by atoms with E-state index in [0.29, 0.717) is 26.2 Å². The largest absolute Gasteiger partial charge is 0.338 e. The molecule has 0 aliphatic carbocycles. The van der Waals surface area contributed by atoms with E-state index in [1.807, 2.05) is 37.8 Å². The Balaban J connectivity index is 1.62. The first-order valence-electron chi connectivity index (χ1n) is 8.31. The highest BCUT2D eigenvalue weighted by molar-refractivity contribution is 5.97. The third kappa shape index (κ3) is 3.67. The average molecular weight is 342 g/mol. The van der Waals surface area contributed by atoms with Crippen LogP contribution in [-0.4, -0.2) is 68.0 Å². The summed E-state index contributed by atoms with van der Waals surface area (Å²) in [5.74, 6) is 0.00433. The van der Waals surface area contributed by atoms with Crippen molar-refractivity contribution < 1.29 is 9.59 Å². The molecule has 0 bridgehead atoms. The Hall–Kier alpha value is -2.77. The van der Waals surface area contributed by atoms with Crippen molar-refractivity contribution in [3.05, 3.63) is 40.7 Å². The molecule has 8 nitrogen and oxygen atoms in total. The van der Waals surface area contributed by atoms with Crippen molar-refractivity contribution in [2.45, 2.75) is 27.3 Å². The highest BCUT2D eigenvalue weighted by Crippen LogP contribution is 2.19. The number of nitrogens with zero attached hydrogens (tertiary/aromatic N) is 6. The van der Waals surface area contributed by atoms with E-state index < -0.39 is 0 Å². The molecule has 1 fully saturated rings. The lowest BCUT2D eigenvalue weighted by Gasteiger charge is -2.35. The molecule has 0 N–H and O–H groups in total. The Labute approximate surface area is 146 Å². The van der Waals surface area contributed by atoms with Crippen LogP contribution in [-0.2, 0) is 11.3 Å². The first-order chi connectivity index (χ1) is 12.0. The number of benzene rings is 1. The summed E-state index contributed by atoms with van der Waals surface area (Å²) in [5, 5.41) is 10.7. The van der Waals surface area contributed by atoms with Crippen LogP contribution in [0.5, 0.6) is 0 Å². The Kier molecular flexibility index (Phi) is 4.78. The van der Waals surface area contributed by atoms with E-state index in [0.717, 1.165) is 22.3 Å². The molecule has 8 heteroatoms. The smallest absolute Gasteiger partial charge is 0.254 e. The molecule has 0 saturated carbocycles. The number of tetrazole rings is 1. The molecule has 2 aromatic rings. The second kappa shape index (κ2) is 7.00. The minimum atomic E-state index is -0.0397. The molecule has 132 valence electrons. The predicted octanol–water partition coefficient (Wildman–Crippen LogP) is 0.583. The van der Waals surface area contributed by atoms with E-state index >= 15 is 0 Å². The number of carbonyl (C=O) groups excluding carboxylic acids is 2. The second-order valence-corrected chi connectivity index (χ2v) is 6.45. The number of piperazine rings is 1. The van der Waals surface area contributed by atoms with Crippen LogP contribution in [0.25, 0.3) is 0 Å². The van der Waals surface area contributed by atoms with E-state index in [1.165, 1.54) is 11.0 Å². The van der Waals surface area contributed by atoms with Crippen LogP contribution in [0, 0.1) is 20.8 Å². The molecular weight excluding hydrogens is 320 g/mol. The van der Waals surface area contributed by atoms with Crippen molar-refractivity contribution in [1.82, 2.24) is 30.0 Å². The van der Waals surface area contributed by atoms with Gasteiger partial charge in [0.15, 0.2) is 0 Å². The second-order valence-electron chi connectivity index (χ2n) is 6.45. The fraction of sp³-hybridized carbons (Fsp3) is 0.471. The molecule has 1 saturated heterocycles. The van der Waals surface area contributed by atoms with Crippen molar-refractivity contribution in [2.75, 3.05) is 26.2 Å². The van der Waals surface area contributed by atoms with Gasteiger partial charge >= 0.3 is 0 Å². The van der Waals surface area contributed by atoms with Gasteiger partial charge in [-0.1, -0.05) is 17.7 Å². The molecule has 0 unspecified atom stereocenters. The molecule has 1 aromatic carbocycles. The summed E-state index contributed by atoms with van der Waals surface area (Å²) >= 11 is 0. The standard InChI is InChI=1S/C17H22N6O2/c1-12-8-13(2)16(14(3)9-12)17(25)22-6-4-21(5-7-22)15(24)10-23-11-18-19-20-23/h8-9,11H,4-7,10H2,1-3H3. The molecule has 1 aliphatic rings. The molecule has 25 heavy (non-hydrogen) atoms. The first kappa shape index (κ1) is 17.1. The minimum Gasteiger partial charge on any atom is -0.338 e. The molecule has 1 aliphatic heterocycles. The zero-order valence-corrected chi connectivity index (χ0v) is 14.8. The average Bonchev–Trinajstić information content (AvgIpc) is 3.07. The van der Waals surface area contributed by atoms with E-state index in [2.05, 4.69) is 15.5 Å². The molecule has 0 spiro atoms. The van der Waals surface area contributed by atoms with E-state index in [9.17, 15) is 9.59 Å². The van der Waals surface area contributed by atoms with Gasteiger partial charge < -0.3 is 9.80 Å². The van der Waals surface area contributed by atoms with Gasteiger partial charge in [-0.25, -0.2) is 4.68 Å². The molecule has 2 amide bonds. The van der Waals surface area contributed by atoms with Gasteiger partial charge in [-0.05, 0) is 42.3 Å². The quantitative estimate of drug-likeness (QED) is 0.815. The number of hydrogen-bond acceptors (Lipinski definition) is 5. The molecule has 2 heterocycles. The molecule has 1 aromatic heterocycles. The van der Waals surface area contributed by atoms with Crippen molar-refractivity contribution in [2.24, 2.45) is 0 Å². The van der Waals surface area contributed by atoms with Gasteiger partial charge in [0.2, 0.25) is 5.91 Å². The normalized spacial score (nSPS) is 14.7. The van der Waals surface area contributed by atoms with Gasteiger partial charge in [-0.15, -0.1) is 5.10 Å². The number of hydrogen-bond donors (Lipinski definition) is 0. The summed E-state index contributed by atoms with van der Waals surface area (Å²) in [7, 11) is 0. The predicted molar refractivity (Wildman–Crippen MR) is 91.0 cm³/mol. The molecule has 0 radical (unpaired) electrons. The first-order valence-corrected chi connectivity index (χ1v) is 8.31. The third-order valence-electron chi connectivity index (χ3n) is 4.50. The number of carbonyl (C=O) groups is 2. The van der Waals surface area contributed by atoms with Crippen molar-refractivity contribution >= 4 is 11.8 Å². The van der Waals surface area contributed by atoms with E-state index in [4.69, 9.17) is 0 Å². The van der Waals surface area contributed by atoms with E-state index in [1.54, 1.807) is 4.90 Å². The summed E-state index contributed by atoms with van der Waals surface area (Å²) in [6.07, 6.45) is 1.42. The maximum atomic E-state index is 12.9. The molecule has 3 rings (SSSR count). The number of rotatable bonds is 3. The van der Waals surface area contributed by atoms with Crippen LogP contribution in [0.2, 0.25) is 0 Å². The Morgan fingerprint density at radius 3 is 2.16 bits per heavy atom. The van der Waals surface area contributed by atoms with Crippen LogP contribution in [0.3, 0.4) is 0 Å². The molecular formula is C17H22N6O2. The highest BCUT2D eigenvalue weighted by atomic mass is 16.2. The van der Waals surface area contributed by atoms with Crippen LogP contribution in [0.15, 0.2) is 18.5 Å². The lowest BCUT2D eigenvalue weighted by molar-refractivity contribution is -0.133. The van der Waals surface area contributed by atoms with Crippen LogP contribution < -0.4 is 0 Å². The van der Waals surface area contributed by atoms with Gasteiger partial charge in [0.05, 0.1) is 0 Å². The summed E-state index contributed by atoms with van der Waals surface area (Å²) in [5.41, 5.74) is 3.93. The van der Waals surface area contributed by atoms with Crippen LogP contribution in [0.1, 0.15) is 27.0 Å². The van der Waals surface area contributed by atoms with Crippen molar-refractivity contribution in [1.29, 1.82) is 0 Å². The highest BCUT2D eigenvalue weighted by Gasteiger charge is 2.26. The summed E-state index contributed by atoms with van der Waals surface area (Å²) in [4.78, 5) is 28.7. The third-order valence-corrected chi connectivity index (χ3v) is 4.50. The summed E-state index contributed by atoms with van der Waals surface area (Å²) in [6.45, 7) is 8.21. The lowest BCUT2D eigenvalue weighted by atomic mass is 9.98. The van der Waals surface area contributed by atoms with Gasteiger partial charge in [-0.2, -0.15) is 0 Å². The Morgan fingerprint density at radius 2 is 1.60 bits per heavy atom. The van der Waals surface area contributed by atoms with Gasteiger partial charge in [0, 0.05) is 31.7 Å². The maximum Gasteiger partial charge on any atom is 0.254 e. The van der Waals surface area contributed by atoms with Gasteiger partial charge in [0.25, 0.3) is 5.91 Å². The lowest BCUT2D eigenvalue weighted by Crippen LogP contribution is -2.51. The molecule has 0 atom stereocenters. The summed E-state index contributed by atoms with van der Waals surface area (Å²) < 4.78 is 1.40. The topological polar surface area (TPSA) is 84.2 Å². The van der Waals surface area contributed by atoms with Crippen molar-refractivity contribution in [3.63, 3.8) is 0 Å². The number of aryl methyl sites for hydroxylation is 3. The van der Waals surface area contributed by atoms with Gasteiger partial charge in [0.1, 0.15) is 12.9 Å². The fourth-order valence-corrected chi connectivity index (χ4v) is 3.33. The van der Waals surface area contributed by atoms with Crippen LogP contribution in [0.4, 0.5) is 0 Å². The zero-order valence-electron chi connectivity index (χ0n) is 14.8. The van der Waals surface area contributed by atoms with Crippen LogP contribution >= 0.6 is 0 Å².